The second-order valence-corrected chi connectivity index (χ2v) is 6.47. The van der Waals surface area contributed by atoms with E-state index in [0.29, 0.717) is 22.2 Å². The molecule has 0 spiro atoms. The fraction of sp³-hybridized carbons (Fsp3) is 0.0870. The van der Waals surface area contributed by atoms with E-state index >= 15 is 0 Å². The van der Waals surface area contributed by atoms with E-state index < -0.39 is 12.6 Å². The van der Waals surface area contributed by atoms with Gasteiger partial charge in [-0.05, 0) is 29.7 Å². The molecular weight excluding hydrogens is 382 g/mol. The number of imidazole rings is 1. The van der Waals surface area contributed by atoms with Crippen molar-refractivity contribution in [2.75, 3.05) is 13.7 Å². The molecule has 0 atom stereocenters. The summed E-state index contributed by atoms with van der Waals surface area (Å²) in [5, 5.41) is 21.3. The molecule has 0 bridgehead atoms. The summed E-state index contributed by atoms with van der Waals surface area (Å²) >= 11 is 0. The highest BCUT2D eigenvalue weighted by atomic mass is 16.5. The van der Waals surface area contributed by atoms with Crippen LogP contribution in [-0.4, -0.2) is 34.8 Å². The van der Waals surface area contributed by atoms with Crippen LogP contribution in [0.5, 0.6) is 5.75 Å². The largest absolute Gasteiger partial charge is 0.507 e. The molecule has 0 aliphatic carbocycles. The molecule has 0 fully saturated rings. The topological polar surface area (TPSA) is 108 Å². The zero-order chi connectivity index (χ0) is 21.1. The van der Waals surface area contributed by atoms with E-state index in [-0.39, 0.29) is 17.2 Å². The quantitative estimate of drug-likeness (QED) is 0.293. The molecule has 0 radical (unpaired) electrons. The smallest absolute Gasteiger partial charge is 0.339 e. The number of hydrogen-bond acceptors (Lipinski definition) is 6. The Labute approximate surface area is 171 Å². The SMILES string of the molecule is COc1ccc(C(=O)OC/C(O)=C(\C#N)c2nc3ccccc3[nH]2)c2ccccc12. The molecule has 0 saturated carbocycles. The number of nitriles is 1. The summed E-state index contributed by atoms with van der Waals surface area (Å²) in [6.07, 6.45) is 0. The van der Waals surface area contributed by atoms with Crippen LogP contribution in [-0.2, 0) is 4.74 Å². The molecule has 7 nitrogen and oxygen atoms in total. The molecule has 0 saturated heterocycles. The van der Waals surface area contributed by atoms with E-state index in [4.69, 9.17) is 9.47 Å². The Hall–Kier alpha value is -4.31. The predicted octanol–water partition coefficient (Wildman–Crippen LogP) is 4.37. The maximum absolute atomic E-state index is 12.6. The van der Waals surface area contributed by atoms with E-state index in [2.05, 4.69) is 9.97 Å². The number of esters is 1. The van der Waals surface area contributed by atoms with Gasteiger partial charge in [0.15, 0.2) is 11.6 Å². The summed E-state index contributed by atoms with van der Waals surface area (Å²) in [5.74, 6) is -0.159. The van der Waals surface area contributed by atoms with Gasteiger partial charge in [0.2, 0.25) is 0 Å². The Morgan fingerprint density at radius 2 is 1.83 bits per heavy atom. The number of hydrogen-bond donors (Lipinski definition) is 2. The highest BCUT2D eigenvalue weighted by Gasteiger charge is 2.17. The predicted molar refractivity (Wildman–Crippen MR) is 112 cm³/mol. The number of aliphatic hydroxyl groups is 1. The Bertz CT molecular complexity index is 1300. The summed E-state index contributed by atoms with van der Waals surface area (Å²) in [5.41, 5.74) is 1.64. The van der Waals surface area contributed by atoms with Crippen molar-refractivity contribution in [1.82, 2.24) is 9.97 Å². The van der Waals surface area contributed by atoms with Gasteiger partial charge >= 0.3 is 5.97 Å². The number of benzene rings is 3. The van der Waals surface area contributed by atoms with Crippen LogP contribution < -0.4 is 4.74 Å². The minimum Gasteiger partial charge on any atom is -0.507 e. The number of H-pyrrole nitrogens is 1. The number of fused-ring (bicyclic) bond motifs is 2. The van der Waals surface area contributed by atoms with Crippen LogP contribution in [0.4, 0.5) is 0 Å². The molecule has 1 aromatic heterocycles. The number of ether oxygens (including phenoxy) is 2. The second-order valence-electron chi connectivity index (χ2n) is 6.47. The van der Waals surface area contributed by atoms with Gasteiger partial charge in [-0.1, -0.05) is 36.4 Å². The van der Waals surface area contributed by atoms with Crippen molar-refractivity contribution in [1.29, 1.82) is 5.26 Å². The zero-order valence-corrected chi connectivity index (χ0v) is 16.0. The third-order valence-corrected chi connectivity index (χ3v) is 4.69. The number of carbonyl (C=O) groups excluding carboxylic acids is 1. The lowest BCUT2D eigenvalue weighted by atomic mass is 10.0. The molecule has 0 aliphatic rings. The molecule has 7 heteroatoms. The maximum atomic E-state index is 12.6. The first-order valence-corrected chi connectivity index (χ1v) is 9.12. The van der Waals surface area contributed by atoms with Crippen LogP contribution in [0.1, 0.15) is 16.2 Å². The number of carbonyl (C=O) groups is 1. The third-order valence-electron chi connectivity index (χ3n) is 4.69. The highest BCUT2D eigenvalue weighted by molar-refractivity contribution is 6.06. The normalized spacial score (nSPS) is 11.7. The molecule has 0 amide bonds. The van der Waals surface area contributed by atoms with Gasteiger partial charge in [0.05, 0.1) is 23.7 Å². The lowest BCUT2D eigenvalue weighted by Crippen LogP contribution is -2.10. The van der Waals surface area contributed by atoms with Gasteiger partial charge in [-0.25, -0.2) is 9.78 Å². The second kappa shape index (κ2) is 7.97. The Kier molecular flexibility index (Phi) is 5.06. The van der Waals surface area contributed by atoms with Crippen LogP contribution in [0.25, 0.3) is 27.4 Å². The van der Waals surface area contributed by atoms with Crippen molar-refractivity contribution < 1.29 is 19.4 Å². The van der Waals surface area contributed by atoms with Crippen molar-refractivity contribution in [2.45, 2.75) is 0 Å². The minimum atomic E-state index is -0.623. The summed E-state index contributed by atoms with van der Waals surface area (Å²) in [6, 6.07) is 19.8. The van der Waals surface area contributed by atoms with Gasteiger partial charge in [0.1, 0.15) is 24.0 Å². The summed E-state index contributed by atoms with van der Waals surface area (Å²) in [6.45, 7) is -0.459. The number of allylic oxidation sites excluding steroid dienone is 1. The lowest BCUT2D eigenvalue weighted by Gasteiger charge is -2.10. The molecule has 2 N–H and O–H groups in total. The standard InChI is InChI=1S/C23H17N3O4/c1-29-21-11-10-16(14-6-2-3-7-15(14)21)23(28)30-13-20(27)17(12-24)22-25-18-8-4-5-9-19(18)26-22/h2-11,27H,13H2,1H3,(H,25,26)/b20-17-. The van der Waals surface area contributed by atoms with Crippen molar-refractivity contribution >= 4 is 33.3 Å². The fourth-order valence-corrected chi connectivity index (χ4v) is 3.24. The molecule has 4 rings (SSSR count). The Balaban J connectivity index is 1.60. The van der Waals surface area contributed by atoms with Crippen molar-refractivity contribution in [3.63, 3.8) is 0 Å². The van der Waals surface area contributed by atoms with Crippen LogP contribution in [0, 0.1) is 11.3 Å². The van der Waals surface area contributed by atoms with E-state index in [1.807, 2.05) is 42.5 Å². The van der Waals surface area contributed by atoms with Crippen molar-refractivity contribution in [3.05, 3.63) is 77.8 Å². The monoisotopic (exact) mass is 399 g/mol. The third kappa shape index (κ3) is 3.42. The number of nitrogens with one attached hydrogen (secondary N) is 1. The van der Waals surface area contributed by atoms with E-state index in [1.54, 1.807) is 31.4 Å². The van der Waals surface area contributed by atoms with E-state index in [0.717, 1.165) is 10.9 Å². The number of methoxy groups -OCH3 is 1. The summed E-state index contributed by atoms with van der Waals surface area (Å²) in [7, 11) is 1.56. The van der Waals surface area contributed by atoms with Crippen LogP contribution in [0.2, 0.25) is 0 Å². The maximum Gasteiger partial charge on any atom is 0.339 e. The fourth-order valence-electron chi connectivity index (χ4n) is 3.24. The number of rotatable bonds is 5. The van der Waals surface area contributed by atoms with Gasteiger partial charge < -0.3 is 19.6 Å². The molecule has 0 unspecified atom stereocenters. The van der Waals surface area contributed by atoms with Crippen molar-refractivity contribution in [2.24, 2.45) is 0 Å². The first kappa shape index (κ1) is 19.0. The first-order chi connectivity index (χ1) is 14.6. The van der Waals surface area contributed by atoms with Crippen LogP contribution >= 0.6 is 0 Å². The highest BCUT2D eigenvalue weighted by Crippen LogP contribution is 2.29. The number of para-hydroxylation sites is 2. The molecule has 3 aromatic carbocycles. The number of aromatic nitrogens is 2. The summed E-state index contributed by atoms with van der Waals surface area (Å²) in [4.78, 5) is 19.9. The molecule has 1 heterocycles. The average Bonchev–Trinajstić information content (AvgIpc) is 3.20. The Morgan fingerprint density at radius 3 is 2.57 bits per heavy atom. The van der Waals surface area contributed by atoms with Gasteiger partial charge in [-0.2, -0.15) is 5.26 Å². The zero-order valence-electron chi connectivity index (χ0n) is 16.0. The molecule has 0 aliphatic heterocycles. The molecule has 30 heavy (non-hydrogen) atoms. The molecular formula is C23H17N3O4. The number of aliphatic hydroxyl groups excluding tert-OH is 1. The van der Waals surface area contributed by atoms with Gasteiger partial charge in [-0.15, -0.1) is 0 Å². The minimum absolute atomic E-state index is 0.0846. The van der Waals surface area contributed by atoms with Crippen LogP contribution in [0.3, 0.4) is 0 Å². The Morgan fingerprint density at radius 1 is 1.10 bits per heavy atom. The lowest BCUT2D eigenvalue weighted by molar-refractivity contribution is 0.0505. The van der Waals surface area contributed by atoms with Crippen LogP contribution in [0.15, 0.2) is 66.4 Å². The van der Waals surface area contributed by atoms with Gasteiger partial charge in [0, 0.05) is 5.39 Å². The number of aromatic amines is 1. The van der Waals surface area contributed by atoms with E-state index in [9.17, 15) is 15.2 Å². The molecule has 4 aromatic rings. The van der Waals surface area contributed by atoms with Crippen molar-refractivity contribution in [3.8, 4) is 11.8 Å². The van der Waals surface area contributed by atoms with E-state index in [1.165, 1.54) is 0 Å². The molecule has 148 valence electrons. The summed E-state index contributed by atoms with van der Waals surface area (Å²) < 4.78 is 10.6. The number of nitrogens with zero attached hydrogens (tertiary/aromatic N) is 2. The van der Waals surface area contributed by atoms with Gasteiger partial charge in [-0.3, -0.25) is 0 Å². The van der Waals surface area contributed by atoms with Gasteiger partial charge in [0.25, 0.3) is 0 Å². The first-order valence-electron chi connectivity index (χ1n) is 9.12. The average molecular weight is 399 g/mol.